The number of sulfone groups is 1. The maximum Gasteiger partial charge on any atom is 0.264 e. The van der Waals surface area contributed by atoms with Crippen molar-refractivity contribution in [2.45, 2.75) is 50.9 Å². The Labute approximate surface area is 185 Å². The summed E-state index contributed by atoms with van der Waals surface area (Å²) in [5.74, 6) is 1.16. The van der Waals surface area contributed by atoms with Crippen molar-refractivity contribution in [1.29, 1.82) is 0 Å². The Balaban J connectivity index is 1.22. The Hall–Kier alpha value is -2.56. The summed E-state index contributed by atoms with van der Waals surface area (Å²) in [4.78, 5) is 25.7. The summed E-state index contributed by atoms with van der Waals surface area (Å²) in [5, 5.41) is 3.84. The van der Waals surface area contributed by atoms with Crippen molar-refractivity contribution in [3.05, 3.63) is 24.2 Å². The molecule has 6 rings (SSSR count). The van der Waals surface area contributed by atoms with Gasteiger partial charge >= 0.3 is 0 Å². The monoisotopic (exact) mass is 463 g/mol. The van der Waals surface area contributed by atoms with Crippen LogP contribution < -0.4 is 4.90 Å². The lowest BCUT2D eigenvalue weighted by atomic mass is 9.85. The van der Waals surface area contributed by atoms with Gasteiger partial charge in [0, 0.05) is 30.8 Å². The average Bonchev–Trinajstić information content (AvgIpc) is 3.25. The molecular formula is C21H26FN5O4S. The van der Waals surface area contributed by atoms with Crippen LogP contribution in [-0.4, -0.2) is 71.0 Å². The lowest BCUT2D eigenvalue weighted by molar-refractivity contribution is -0.151. The van der Waals surface area contributed by atoms with Gasteiger partial charge in [0.05, 0.1) is 23.6 Å². The van der Waals surface area contributed by atoms with E-state index in [1.165, 1.54) is 13.8 Å². The quantitative estimate of drug-likeness (QED) is 0.677. The SMILES string of the molecule is CC(C)(F)c1nc(-c2ccc(N3CC4CC(C3)N4C(=O)C3CCS(=O)(=O)CC3)nc2)no1. The molecule has 0 saturated carbocycles. The maximum absolute atomic E-state index is 14.0. The molecule has 9 nitrogen and oxygen atoms in total. The van der Waals surface area contributed by atoms with Crippen molar-refractivity contribution in [1.82, 2.24) is 20.0 Å². The summed E-state index contributed by atoms with van der Waals surface area (Å²) in [6, 6.07) is 3.96. The Bertz CT molecular complexity index is 1100. The Morgan fingerprint density at radius 2 is 1.88 bits per heavy atom. The van der Waals surface area contributed by atoms with Gasteiger partial charge in [-0.1, -0.05) is 5.16 Å². The first-order valence-corrected chi connectivity index (χ1v) is 12.7. The zero-order chi connectivity index (χ0) is 22.7. The third-order valence-corrected chi connectivity index (χ3v) is 8.33. The second-order valence-electron chi connectivity index (χ2n) is 9.42. The minimum atomic E-state index is -2.98. The van der Waals surface area contributed by atoms with E-state index in [0.29, 0.717) is 31.5 Å². The molecule has 6 heterocycles. The number of fused-ring (bicyclic) bond motifs is 2. The first-order valence-electron chi connectivity index (χ1n) is 10.9. The minimum absolute atomic E-state index is 0.0759. The summed E-state index contributed by atoms with van der Waals surface area (Å²) in [7, 11) is -2.98. The van der Waals surface area contributed by atoms with Crippen molar-refractivity contribution < 1.29 is 22.1 Å². The molecule has 0 aromatic carbocycles. The number of amides is 1. The molecule has 11 heteroatoms. The van der Waals surface area contributed by atoms with Crippen LogP contribution in [0.1, 0.15) is 39.0 Å². The third kappa shape index (κ3) is 3.87. The number of pyridine rings is 1. The van der Waals surface area contributed by atoms with Crippen LogP contribution in [0.2, 0.25) is 0 Å². The predicted molar refractivity (Wildman–Crippen MR) is 114 cm³/mol. The number of piperidine rings is 1. The fourth-order valence-corrected chi connectivity index (χ4v) is 6.28. The summed E-state index contributed by atoms with van der Waals surface area (Å²) in [5.41, 5.74) is -1.07. The molecule has 2 unspecified atom stereocenters. The van der Waals surface area contributed by atoms with Gasteiger partial charge in [-0.05, 0) is 45.2 Å². The molecular weight excluding hydrogens is 437 g/mol. The molecule has 4 saturated heterocycles. The molecule has 4 fully saturated rings. The van der Waals surface area contributed by atoms with Crippen LogP contribution in [0.15, 0.2) is 22.9 Å². The highest BCUT2D eigenvalue weighted by Crippen LogP contribution is 2.37. The highest BCUT2D eigenvalue weighted by Gasteiger charge is 2.49. The molecule has 4 aliphatic heterocycles. The van der Waals surface area contributed by atoms with E-state index in [9.17, 15) is 17.6 Å². The molecule has 2 bridgehead atoms. The van der Waals surface area contributed by atoms with Gasteiger partial charge in [0.15, 0.2) is 5.67 Å². The first kappa shape index (κ1) is 21.3. The normalized spacial score (nSPS) is 25.5. The van der Waals surface area contributed by atoms with Gasteiger partial charge in [0.1, 0.15) is 15.7 Å². The lowest BCUT2D eigenvalue weighted by Gasteiger charge is -2.57. The molecule has 4 aliphatic rings. The molecule has 0 spiro atoms. The average molecular weight is 464 g/mol. The Kier molecular flexibility index (Phi) is 4.99. The smallest absolute Gasteiger partial charge is 0.264 e. The number of hydrogen-bond acceptors (Lipinski definition) is 8. The van der Waals surface area contributed by atoms with Crippen molar-refractivity contribution in [3.8, 4) is 11.4 Å². The van der Waals surface area contributed by atoms with E-state index in [0.717, 1.165) is 12.2 Å². The minimum Gasteiger partial charge on any atom is -0.352 e. The predicted octanol–water partition coefficient (Wildman–Crippen LogP) is 1.95. The number of carbonyl (C=O) groups is 1. The lowest BCUT2D eigenvalue weighted by Crippen LogP contribution is -2.71. The standard InChI is InChI=1S/C21H26FN5O4S/c1-21(2,22)20-24-18(25-31-20)14-3-4-17(23-10-14)26-11-15-9-16(12-26)27(15)19(28)13-5-7-32(29,30)8-6-13/h3-4,10,13,15-16H,5-9,11-12H2,1-2H3. The van der Waals surface area contributed by atoms with Crippen LogP contribution in [0.4, 0.5) is 10.2 Å². The molecule has 2 atom stereocenters. The third-order valence-electron chi connectivity index (χ3n) is 6.62. The maximum atomic E-state index is 14.0. The number of carbonyl (C=O) groups excluding carboxylic acids is 1. The van der Waals surface area contributed by atoms with Crippen LogP contribution in [0, 0.1) is 5.92 Å². The zero-order valence-corrected chi connectivity index (χ0v) is 18.9. The molecule has 0 aliphatic carbocycles. The number of rotatable bonds is 4. The van der Waals surface area contributed by atoms with Crippen LogP contribution in [-0.2, 0) is 20.3 Å². The van der Waals surface area contributed by atoms with Gasteiger partial charge in [0.25, 0.3) is 5.89 Å². The number of anilines is 1. The van der Waals surface area contributed by atoms with Crippen molar-refractivity contribution in [2.75, 3.05) is 29.5 Å². The second kappa shape index (κ2) is 7.50. The molecule has 32 heavy (non-hydrogen) atoms. The molecule has 0 N–H and O–H groups in total. The molecule has 1 amide bonds. The number of piperazine rings is 1. The van der Waals surface area contributed by atoms with Crippen molar-refractivity contribution in [3.63, 3.8) is 0 Å². The number of halogens is 1. The second-order valence-corrected chi connectivity index (χ2v) is 11.7. The van der Waals surface area contributed by atoms with Crippen LogP contribution in [0.5, 0.6) is 0 Å². The fraction of sp³-hybridized carbons (Fsp3) is 0.619. The van der Waals surface area contributed by atoms with Crippen molar-refractivity contribution >= 4 is 21.6 Å². The van der Waals surface area contributed by atoms with E-state index in [4.69, 9.17) is 4.52 Å². The van der Waals surface area contributed by atoms with E-state index < -0.39 is 15.5 Å². The van der Waals surface area contributed by atoms with E-state index in [-0.39, 0.29) is 47.1 Å². The first-order chi connectivity index (χ1) is 15.1. The number of aromatic nitrogens is 3. The van der Waals surface area contributed by atoms with E-state index >= 15 is 0 Å². The van der Waals surface area contributed by atoms with Gasteiger partial charge in [0.2, 0.25) is 11.7 Å². The Morgan fingerprint density at radius 3 is 2.44 bits per heavy atom. The number of hydrogen-bond donors (Lipinski definition) is 0. The Morgan fingerprint density at radius 1 is 1.19 bits per heavy atom. The van der Waals surface area contributed by atoms with Crippen LogP contribution in [0.3, 0.4) is 0 Å². The highest BCUT2D eigenvalue weighted by molar-refractivity contribution is 7.91. The summed E-state index contributed by atoms with van der Waals surface area (Å²) in [6.45, 7) is 4.11. The van der Waals surface area contributed by atoms with Gasteiger partial charge < -0.3 is 14.3 Å². The van der Waals surface area contributed by atoms with Gasteiger partial charge in [-0.15, -0.1) is 0 Å². The number of nitrogens with zero attached hydrogens (tertiary/aromatic N) is 5. The van der Waals surface area contributed by atoms with Gasteiger partial charge in [-0.2, -0.15) is 4.98 Å². The fourth-order valence-electron chi connectivity index (χ4n) is 4.79. The summed E-state index contributed by atoms with van der Waals surface area (Å²) in [6.07, 6.45) is 3.47. The molecule has 172 valence electrons. The summed E-state index contributed by atoms with van der Waals surface area (Å²) >= 11 is 0. The van der Waals surface area contributed by atoms with Gasteiger partial charge in [-0.25, -0.2) is 17.8 Å². The molecule has 0 radical (unpaired) electrons. The van der Waals surface area contributed by atoms with E-state index in [1.807, 2.05) is 17.0 Å². The van der Waals surface area contributed by atoms with E-state index in [1.54, 1.807) is 6.20 Å². The number of alkyl halides is 1. The largest absolute Gasteiger partial charge is 0.352 e. The summed E-state index contributed by atoms with van der Waals surface area (Å²) < 4.78 is 42.3. The zero-order valence-electron chi connectivity index (χ0n) is 18.1. The van der Waals surface area contributed by atoms with Crippen LogP contribution in [0.25, 0.3) is 11.4 Å². The molecule has 2 aromatic heterocycles. The van der Waals surface area contributed by atoms with Crippen molar-refractivity contribution in [2.24, 2.45) is 5.92 Å². The van der Waals surface area contributed by atoms with Gasteiger partial charge in [-0.3, -0.25) is 4.79 Å². The molecule has 2 aromatic rings. The van der Waals surface area contributed by atoms with E-state index in [2.05, 4.69) is 20.0 Å². The highest BCUT2D eigenvalue weighted by atomic mass is 32.2. The van der Waals surface area contributed by atoms with Crippen LogP contribution >= 0.6 is 0 Å². The topological polar surface area (TPSA) is 110 Å².